The largest absolute Gasteiger partial charge is 0.393 e. The average Bonchev–Trinajstić information content (AvgIpc) is 2.59. The average molecular weight is 219 g/mol. The minimum absolute atomic E-state index is 0.0602. The van der Waals surface area contributed by atoms with Crippen molar-refractivity contribution in [3.05, 3.63) is 35.1 Å². The molecule has 1 saturated heterocycles. The minimum Gasteiger partial charge on any atom is -0.393 e. The summed E-state index contributed by atoms with van der Waals surface area (Å²) in [4.78, 5) is 22.1. The number of nitrogens with zero attached hydrogens (tertiary/aromatic N) is 1. The van der Waals surface area contributed by atoms with E-state index < -0.39 is 23.7 Å². The van der Waals surface area contributed by atoms with E-state index >= 15 is 0 Å². The van der Waals surface area contributed by atoms with Crippen molar-refractivity contribution in [1.82, 2.24) is 0 Å². The first kappa shape index (κ1) is 10.3. The summed E-state index contributed by atoms with van der Waals surface area (Å²) >= 11 is 0. The molecule has 1 aliphatic heterocycles. The summed E-state index contributed by atoms with van der Waals surface area (Å²) in [5.41, 5.74) is 0.276. The Balaban J connectivity index is 2.39. The Morgan fingerprint density at radius 2 is 2.19 bits per heavy atom. The van der Waals surface area contributed by atoms with Crippen LogP contribution in [0.5, 0.6) is 0 Å². The Kier molecular flexibility index (Phi) is 2.41. The van der Waals surface area contributed by atoms with Gasteiger partial charge in [-0.1, -0.05) is 6.07 Å². The molecule has 0 amide bonds. The number of halogens is 1. The van der Waals surface area contributed by atoms with E-state index in [2.05, 4.69) is 4.74 Å². The molecule has 5 heteroatoms. The molecule has 0 spiro atoms. The number of rotatable bonds is 1. The van der Waals surface area contributed by atoms with Crippen molar-refractivity contribution < 1.29 is 18.7 Å². The summed E-state index contributed by atoms with van der Waals surface area (Å²) in [7, 11) is 0. The van der Waals surface area contributed by atoms with Crippen LogP contribution in [0.1, 0.15) is 23.5 Å². The van der Waals surface area contributed by atoms with Gasteiger partial charge in [-0.2, -0.15) is 5.26 Å². The summed E-state index contributed by atoms with van der Waals surface area (Å²) < 4.78 is 17.4. The normalized spacial score (nSPS) is 19.4. The van der Waals surface area contributed by atoms with Gasteiger partial charge in [-0.05, 0) is 17.7 Å². The highest BCUT2D eigenvalue weighted by atomic mass is 19.1. The molecule has 1 aromatic rings. The van der Waals surface area contributed by atoms with Gasteiger partial charge < -0.3 is 4.74 Å². The second kappa shape index (κ2) is 3.74. The monoisotopic (exact) mass is 219 g/mol. The van der Waals surface area contributed by atoms with E-state index in [0.29, 0.717) is 5.56 Å². The van der Waals surface area contributed by atoms with E-state index in [9.17, 15) is 14.0 Å². The van der Waals surface area contributed by atoms with Gasteiger partial charge in [-0.3, -0.25) is 9.59 Å². The number of hydrogen-bond donors (Lipinski definition) is 0. The molecule has 1 aliphatic rings. The maximum Gasteiger partial charge on any atom is 0.321 e. The van der Waals surface area contributed by atoms with Crippen molar-refractivity contribution in [3.63, 3.8) is 0 Å². The van der Waals surface area contributed by atoms with E-state index in [1.165, 1.54) is 12.1 Å². The van der Waals surface area contributed by atoms with E-state index in [4.69, 9.17) is 5.26 Å². The van der Waals surface area contributed by atoms with Crippen LogP contribution in [0.25, 0.3) is 0 Å². The van der Waals surface area contributed by atoms with Crippen molar-refractivity contribution >= 4 is 11.9 Å². The highest BCUT2D eigenvalue weighted by Gasteiger charge is 2.34. The molecule has 1 atom stereocenters. The van der Waals surface area contributed by atoms with Crippen LogP contribution in [0, 0.1) is 17.1 Å². The maximum absolute atomic E-state index is 13.0. The fourth-order valence-electron chi connectivity index (χ4n) is 1.57. The van der Waals surface area contributed by atoms with Gasteiger partial charge >= 0.3 is 11.9 Å². The third kappa shape index (κ3) is 1.65. The first-order valence-corrected chi connectivity index (χ1v) is 4.56. The van der Waals surface area contributed by atoms with Crippen molar-refractivity contribution in [2.24, 2.45) is 0 Å². The molecule has 2 rings (SSSR count). The van der Waals surface area contributed by atoms with Gasteiger partial charge in [0.1, 0.15) is 11.9 Å². The lowest BCUT2D eigenvalue weighted by atomic mass is 9.96. The van der Waals surface area contributed by atoms with Crippen LogP contribution in [0.15, 0.2) is 18.2 Å². The van der Waals surface area contributed by atoms with E-state index in [0.717, 1.165) is 6.07 Å². The summed E-state index contributed by atoms with van der Waals surface area (Å²) in [6, 6.07) is 5.41. The van der Waals surface area contributed by atoms with Crippen LogP contribution in [-0.4, -0.2) is 11.9 Å². The third-order valence-corrected chi connectivity index (χ3v) is 2.38. The summed E-state index contributed by atoms with van der Waals surface area (Å²) in [6.07, 6.45) is -0.0602. The minimum atomic E-state index is -0.722. The number of carbonyl (C=O) groups excluding carboxylic acids is 2. The zero-order valence-corrected chi connectivity index (χ0v) is 8.07. The van der Waals surface area contributed by atoms with E-state index in [1.807, 2.05) is 0 Å². The first-order valence-electron chi connectivity index (χ1n) is 4.56. The molecule has 4 nitrogen and oxygen atoms in total. The van der Waals surface area contributed by atoms with Crippen molar-refractivity contribution in [3.8, 4) is 6.07 Å². The third-order valence-electron chi connectivity index (χ3n) is 2.38. The highest BCUT2D eigenvalue weighted by molar-refractivity contribution is 5.97. The highest BCUT2D eigenvalue weighted by Crippen LogP contribution is 2.28. The number of cyclic esters (lactones) is 2. The number of hydrogen-bond acceptors (Lipinski definition) is 4. The van der Waals surface area contributed by atoms with Crippen LogP contribution in [0.4, 0.5) is 4.39 Å². The van der Waals surface area contributed by atoms with E-state index in [-0.39, 0.29) is 12.0 Å². The summed E-state index contributed by atoms with van der Waals surface area (Å²) in [5, 5.41) is 8.63. The molecule has 1 aromatic carbocycles. The fraction of sp³-hybridized carbons (Fsp3) is 0.182. The molecule has 0 saturated carbocycles. The van der Waals surface area contributed by atoms with Crippen molar-refractivity contribution in [2.45, 2.75) is 12.3 Å². The second-order valence-corrected chi connectivity index (χ2v) is 3.40. The molecule has 0 bridgehead atoms. The van der Waals surface area contributed by atoms with Crippen molar-refractivity contribution in [2.75, 3.05) is 0 Å². The lowest BCUT2D eigenvalue weighted by molar-refractivity contribution is -0.152. The Hall–Kier alpha value is -2.22. The molecule has 1 fully saturated rings. The number of ether oxygens (including phenoxy) is 1. The van der Waals surface area contributed by atoms with Crippen LogP contribution in [0.2, 0.25) is 0 Å². The number of benzene rings is 1. The van der Waals surface area contributed by atoms with Crippen LogP contribution in [0.3, 0.4) is 0 Å². The standard InChI is InChI=1S/C11H6FNO3/c12-9-2-1-6(3-7(9)5-13)8-4-10(14)16-11(8)15/h1-3,8H,4H2. The van der Waals surface area contributed by atoms with Gasteiger partial charge in [0.2, 0.25) is 0 Å². The molecular formula is C11H6FNO3. The molecule has 0 aromatic heterocycles. The predicted octanol–water partition coefficient (Wildman–Crippen LogP) is 1.25. The van der Waals surface area contributed by atoms with E-state index in [1.54, 1.807) is 6.07 Å². The van der Waals surface area contributed by atoms with Crippen LogP contribution >= 0.6 is 0 Å². The van der Waals surface area contributed by atoms with Gasteiger partial charge in [-0.25, -0.2) is 4.39 Å². The van der Waals surface area contributed by atoms with Gasteiger partial charge in [0.15, 0.2) is 0 Å². The van der Waals surface area contributed by atoms with Crippen molar-refractivity contribution in [1.29, 1.82) is 5.26 Å². The Morgan fingerprint density at radius 1 is 1.44 bits per heavy atom. The number of carbonyl (C=O) groups is 2. The molecule has 1 heterocycles. The van der Waals surface area contributed by atoms with Gasteiger partial charge in [-0.15, -0.1) is 0 Å². The Labute approximate surface area is 90.2 Å². The SMILES string of the molecule is N#Cc1cc(C2CC(=O)OC2=O)ccc1F. The summed E-state index contributed by atoms with van der Waals surface area (Å²) in [5.74, 6) is -2.62. The van der Waals surface area contributed by atoms with Crippen LogP contribution < -0.4 is 0 Å². The molecular weight excluding hydrogens is 213 g/mol. The Morgan fingerprint density at radius 3 is 2.75 bits per heavy atom. The maximum atomic E-state index is 13.0. The zero-order chi connectivity index (χ0) is 11.7. The molecule has 0 aliphatic carbocycles. The molecule has 80 valence electrons. The summed E-state index contributed by atoms with van der Waals surface area (Å²) in [6.45, 7) is 0. The lowest BCUT2D eigenvalue weighted by Crippen LogP contribution is -2.06. The molecule has 0 N–H and O–H groups in total. The number of esters is 2. The van der Waals surface area contributed by atoms with Gasteiger partial charge in [0.25, 0.3) is 0 Å². The van der Waals surface area contributed by atoms with Crippen LogP contribution in [-0.2, 0) is 14.3 Å². The molecule has 16 heavy (non-hydrogen) atoms. The molecule has 1 unspecified atom stereocenters. The predicted molar refractivity (Wildman–Crippen MR) is 49.6 cm³/mol. The van der Waals surface area contributed by atoms with Gasteiger partial charge in [0.05, 0.1) is 17.9 Å². The lowest BCUT2D eigenvalue weighted by Gasteiger charge is -2.05. The second-order valence-electron chi connectivity index (χ2n) is 3.40. The topological polar surface area (TPSA) is 67.2 Å². The smallest absolute Gasteiger partial charge is 0.321 e. The fourth-order valence-corrected chi connectivity index (χ4v) is 1.57. The molecule has 0 radical (unpaired) electrons. The first-order chi connectivity index (χ1) is 7.61. The number of nitriles is 1. The quantitative estimate of drug-likeness (QED) is 0.526. The van der Waals surface area contributed by atoms with Gasteiger partial charge in [0, 0.05) is 0 Å². The zero-order valence-electron chi connectivity index (χ0n) is 8.07. The Bertz CT molecular complexity index is 518.